The van der Waals surface area contributed by atoms with Crippen LogP contribution >= 0.6 is 0 Å². The van der Waals surface area contributed by atoms with Gasteiger partial charge in [0, 0.05) is 13.0 Å². The fourth-order valence-electron chi connectivity index (χ4n) is 1.58. The first-order valence-electron chi connectivity index (χ1n) is 4.57. The van der Waals surface area contributed by atoms with Crippen molar-refractivity contribution in [3.63, 3.8) is 0 Å². The van der Waals surface area contributed by atoms with Gasteiger partial charge in [0.2, 0.25) is 0 Å². The molecule has 0 amide bonds. The Balaban J connectivity index is 2.20. The molecular weight excluding hydrogens is 164 g/mol. The minimum absolute atomic E-state index is 0.206. The highest BCUT2D eigenvalue weighted by atomic mass is 16.5. The predicted molar refractivity (Wildman–Crippen MR) is 49.4 cm³/mol. The molecule has 1 unspecified atom stereocenters. The van der Waals surface area contributed by atoms with Crippen LogP contribution in [-0.4, -0.2) is 12.4 Å². The van der Waals surface area contributed by atoms with Gasteiger partial charge in [-0.25, -0.2) is 0 Å². The molecule has 2 rings (SSSR count). The molecule has 1 saturated heterocycles. The normalized spacial score (nSPS) is 23.1. The van der Waals surface area contributed by atoms with Crippen molar-refractivity contribution >= 4 is 5.78 Å². The molecule has 2 heteroatoms. The van der Waals surface area contributed by atoms with E-state index in [1.54, 1.807) is 0 Å². The molecule has 68 valence electrons. The molecule has 1 atom stereocenters. The SMILES string of the molecule is O=C1CCCOC1c1ccccc1. The summed E-state index contributed by atoms with van der Waals surface area (Å²) in [7, 11) is 0. The zero-order chi connectivity index (χ0) is 9.10. The lowest BCUT2D eigenvalue weighted by Gasteiger charge is -2.21. The van der Waals surface area contributed by atoms with Gasteiger partial charge in [-0.3, -0.25) is 4.79 Å². The second kappa shape index (κ2) is 3.71. The van der Waals surface area contributed by atoms with Crippen molar-refractivity contribution in [2.45, 2.75) is 18.9 Å². The number of benzene rings is 1. The zero-order valence-electron chi connectivity index (χ0n) is 7.40. The second-order valence-electron chi connectivity index (χ2n) is 3.23. The Bertz CT molecular complexity index is 292. The molecule has 1 aromatic rings. The van der Waals surface area contributed by atoms with Crippen LogP contribution in [0.5, 0.6) is 0 Å². The molecule has 1 heterocycles. The van der Waals surface area contributed by atoms with Gasteiger partial charge in [-0.2, -0.15) is 0 Å². The van der Waals surface area contributed by atoms with Crippen LogP contribution in [0.3, 0.4) is 0 Å². The average Bonchev–Trinajstić information content (AvgIpc) is 2.20. The molecule has 1 aliphatic heterocycles. The lowest BCUT2D eigenvalue weighted by Crippen LogP contribution is -2.21. The fourth-order valence-corrected chi connectivity index (χ4v) is 1.58. The number of carbonyl (C=O) groups is 1. The average molecular weight is 176 g/mol. The molecule has 1 aliphatic rings. The summed E-state index contributed by atoms with van der Waals surface area (Å²) in [4.78, 5) is 11.5. The van der Waals surface area contributed by atoms with E-state index >= 15 is 0 Å². The van der Waals surface area contributed by atoms with Crippen LogP contribution in [0.4, 0.5) is 0 Å². The van der Waals surface area contributed by atoms with E-state index in [1.165, 1.54) is 0 Å². The van der Waals surface area contributed by atoms with Gasteiger partial charge in [-0.1, -0.05) is 30.3 Å². The van der Waals surface area contributed by atoms with Gasteiger partial charge in [-0.15, -0.1) is 0 Å². The summed E-state index contributed by atoms with van der Waals surface area (Å²) in [6.45, 7) is 0.700. The topological polar surface area (TPSA) is 26.3 Å². The van der Waals surface area contributed by atoms with E-state index in [4.69, 9.17) is 4.74 Å². The maximum Gasteiger partial charge on any atom is 0.166 e. The first-order valence-corrected chi connectivity index (χ1v) is 4.57. The summed E-state index contributed by atoms with van der Waals surface area (Å²) < 4.78 is 5.43. The maximum absolute atomic E-state index is 11.5. The molecular formula is C11H12O2. The summed E-state index contributed by atoms with van der Waals surface area (Å²) in [5, 5.41) is 0. The van der Waals surface area contributed by atoms with Crippen molar-refractivity contribution < 1.29 is 9.53 Å². The minimum Gasteiger partial charge on any atom is -0.366 e. The van der Waals surface area contributed by atoms with E-state index < -0.39 is 0 Å². The monoisotopic (exact) mass is 176 g/mol. The summed E-state index contributed by atoms with van der Waals surface area (Å²) in [6.07, 6.45) is 1.21. The number of hydrogen-bond acceptors (Lipinski definition) is 2. The van der Waals surface area contributed by atoms with Crippen molar-refractivity contribution in [1.82, 2.24) is 0 Å². The number of carbonyl (C=O) groups excluding carboxylic acids is 1. The van der Waals surface area contributed by atoms with E-state index in [1.807, 2.05) is 30.3 Å². The summed E-state index contributed by atoms with van der Waals surface area (Å²) in [5.74, 6) is 0.206. The Morgan fingerprint density at radius 1 is 1.23 bits per heavy atom. The van der Waals surface area contributed by atoms with Crippen LogP contribution in [0.15, 0.2) is 30.3 Å². The van der Waals surface area contributed by atoms with E-state index in [9.17, 15) is 4.79 Å². The highest BCUT2D eigenvalue weighted by Gasteiger charge is 2.23. The van der Waals surface area contributed by atoms with Crippen LogP contribution in [0, 0.1) is 0 Å². The van der Waals surface area contributed by atoms with Crippen molar-refractivity contribution in [2.24, 2.45) is 0 Å². The zero-order valence-corrected chi connectivity index (χ0v) is 7.40. The van der Waals surface area contributed by atoms with Crippen LogP contribution in [0.1, 0.15) is 24.5 Å². The lowest BCUT2D eigenvalue weighted by molar-refractivity contribution is -0.136. The third-order valence-corrected chi connectivity index (χ3v) is 2.25. The highest BCUT2D eigenvalue weighted by molar-refractivity contribution is 5.84. The fraction of sp³-hybridized carbons (Fsp3) is 0.364. The number of rotatable bonds is 1. The molecule has 13 heavy (non-hydrogen) atoms. The van der Waals surface area contributed by atoms with E-state index in [2.05, 4.69) is 0 Å². The van der Waals surface area contributed by atoms with Crippen molar-refractivity contribution in [1.29, 1.82) is 0 Å². The summed E-state index contributed by atoms with van der Waals surface area (Å²) in [6, 6.07) is 9.68. The van der Waals surface area contributed by atoms with Gasteiger partial charge in [0.05, 0.1) is 0 Å². The van der Waals surface area contributed by atoms with Crippen molar-refractivity contribution in [2.75, 3.05) is 6.61 Å². The molecule has 1 aromatic carbocycles. The van der Waals surface area contributed by atoms with E-state index in [0.29, 0.717) is 13.0 Å². The van der Waals surface area contributed by atoms with E-state index in [-0.39, 0.29) is 11.9 Å². The number of Topliss-reactive ketones (excluding diaryl/α,β-unsaturated/α-hetero) is 1. The largest absolute Gasteiger partial charge is 0.366 e. The number of hydrogen-bond donors (Lipinski definition) is 0. The molecule has 0 spiro atoms. The van der Waals surface area contributed by atoms with Gasteiger partial charge in [0.25, 0.3) is 0 Å². The Kier molecular flexibility index (Phi) is 2.41. The standard InChI is InChI=1S/C11H12O2/c12-10-7-4-8-13-11(10)9-5-2-1-3-6-9/h1-3,5-6,11H,4,7-8H2. The summed E-state index contributed by atoms with van der Waals surface area (Å²) >= 11 is 0. The molecule has 0 N–H and O–H groups in total. The summed E-state index contributed by atoms with van der Waals surface area (Å²) in [5.41, 5.74) is 0.979. The Morgan fingerprint density at radius 2 is 2.00 bits per heavy atom. The molecule has 1 fully saturated rings. The van der Waals surface area contributed by atoms with Crippen LogP contribution in [0.2, 0.25) is 0 Å². The third-order valence-electron chi connectivity index (χ3n) is 2.25. The maximum atomic E-state index is 11.5. The molecule has 0 saturated carbocycles. The van der Waals surface area contributed by atoms with Gasteiger partial charge in [-0.05, 0) is 12.0 Å². The van der Waals surface area contributed by atoms with Crippen molar-refractivity contribution in [3.05, 3.63) is 35.9 Å². The number of ether oxygens (including phenoxy) is 1. The molecule has 0 radical (unpaired) electrons. The molecule has 0 aromatic heterocycles. The first kappa shape index (κ1) is 8.45. The molecule has 0 aliphatic carbocycles. The predicted octanol–water partition coefficient (Wildman–Crippen LogP) is 2.11. The van der Waals surface area contributed by atoms with Gasteiger partial charge in [0.15, 0.2) is 5.78 Å². The van der Waals surface area contributed by atoms with Crippen LogP contribution in [-0.2, 0) is 9.53 Å². The lowest BCUT2D eigenvalue weighted by atomic mass is 10.0. The number of ketones is 1. The van der Waals surface area contributed by atoms with Crippen LogP contribution < -0.4 is 0 Å². The van der Waals surface area contributed by atoms with Gasteiger partial charge < -0.3 is 4.74 Å². The molecule has 2 nitrogen and oxygen atoms in total. The third kappa shape index (κ3) is 1.78. The minimum atomic E-state index is -0.310. The smallest absolute Gasteiger partial charge is 0.166 e. The van der Waals surface area contributed by atoms with Gasteiger partial charge in [0.1, 0.15) is 6.10 Å². The quantitative estimate of drug-likeness (QED) is 0.655. The first-order chi connectivity index (χ1) is 6.38. The van der Waals surface area contributed by atoms with Gasteiger partial charge >= 0.3 is 0 Å². The Hall–Kier alpha value is -1.15. The van der Waals surface area contributed by atoms with Crippen molar-refractivity contribution in [3.8, 4) is 0 Å². The van der Waals surface area contributed by atoms with Crippen LogP contribution in [0.25, 0.3) is 0 Å². The molecule has 0 bridgehead atoms. The Labute approximate surface area is 77.5 Å². The Morgan fingerprint density at radius 3 is 2.69 bits per heavy atom. The highest BCUT2D eigenvalue weighted by Crippen LogP contribution is 2.24. The van der Waals surface area contributed by atoms with E-state index in [0.717, 1.165) is 12.0 Å². The second-order valence-corrected chi connectivity index (χ2v) is 3.23.